The Labute approximate surface area is 119 Å². The molecule has 20 heavy (non-hydrogen) atoms. The highest BCUT2D eigenvalue weighted by atomic mass is 32.2. The zero-order valence-corrected chi connectivity index (χ0v) is 12.2. The molecule has 0 radical (unpaired) electrons. The van der Waals surface area contributed by atoms with Gasteiger partial charge in [-0.1, -0.05) is 12.1 Å². The van der Waals surface area contributed by atoms with Crippen molar-refractivity contribution in [3.8, 4) is 0 Å². The second kappa shape index (κ2) is 5.45. The van der Waals surface area contributed by atoms with Gasteiger partial charge in [-0.2, -0.15) is 0 Å². The number of halogens is 1. The lowest BCUT2D eigenvalue weighted by atomic mass is 9.85. The molecule has 1 N–H and O–H groups in total. The van der Waals surface area contributed by atoms with Crippen molar-refractivity contribution < 1.29 is 12.8 Å². The van der Waals surface area contributed by atoms with Gasteiger partial charge in [-0.15, -0.1) is 0 Å². The molecule has 5 heteroatoms. The first-order chi connectivity index (χ1) is 9.53. The van der Waals surface area contributed by atoms with Gasteiger partial charge < -0.3 is 5.32 Å². The summed E-state index contributed by atoms with van der Waals surface area (Å²) in [5.74, 6) is 0.618. The highest BCUT2D eigenvalue weighted by molar-refractivity contribution is 7.91. The van der Waals surface area contributed by atoms with Gasteiger partial charge in [0, 0.05) is 18.5 Å². The van der Waals surface area contributed by atoms with Crippen molar-refractivity contribution >= 4 is 9.84 Å². The summed E-state index contributed by atoms with van der Waals surface area (Å²) in [5.41, 5.74) is 1.04. The lowest BCUT2D eigenvalue weighted by Gasteiger charge is -2.23. The van der Waals surface area contributed by atoms with Gasteiger partial charge in [0.05, 0.1) is 11.5 Å². The van der Waals surface area contributed by atoms with Crippen LogP contribution in [-0.4, -0.2) is 32.5 Å². The highest BCUT2D eigenvalue weighted by Gasteiger charge is 2.35. The Hall–Kier alpha value is -0.940. The Kier molecular flexibility index (Phi) is 3.82. The number of nitrogens with one attached hydrogen (secondary N) is 1. The molecule has 0 amide bonds. The van der Waals surface area contributed by atoms with Crippen molar-refractivity contribution in [2.75, 3.05) is 18.1 Å². The van der Waals surface area contributed by atoms with E-state index in [0.717, 1.165) is 18.5 Å². The first kappa shape index (κ1) is 14.0. The van der Waals surface area contributed by atoms with Crippen LogP contribution in [0.4, 0.5) is 4.39 Å². The van der Waals surface area contributed by atoms with Crippen molar-refractivity contribution in [2.45, 2.75) is 31.2 Å². The van der Waals surface area contributed by atoms with Crippen molar-refractivity contribution in [3.05, 3.63) is 35.6 Å². The Morgan fingerprint density at radius 3 is 2.45 bits per heavy atom. The molecule has 2 aliphatic rings. The summed E-state index contributed by atoms with van der Waals surface area (Å²) in [6.07, 6.45) is 3.13. The molecule has 2 atom stereocenters. The van der Waals surface area contributed by atoms with Crippen molar-refractivity contribution in [1.82, 2.24) is 5.32 Å². The summed E-state index contributed by atoms with van der Waals surface area (Å²) < 4.78 is 36.5. The van der Waals surface area contributed by atoms with Crippen LogP contribution < -0.4 is 5.32 Å². The second-order valence-corrected chi connectivity index (χ2v) is 8.23. The first-order valence-corrected chi connectivity index (χ1v) is 9.05. The average Bonchev–Trinajstić information content (AvgIpc) is 3.15. The van der Waals surface area contributed by atoms with Crippen LogP contribution >= 0.6 is 0 Å². The zero-order chi connectivity index (χ0) is 14.2. The number of rotatable bonds is 5. The van der Waals surface area contributed by atoms with Gasteiger partial charge in [0.1, 0.15) is 5.82 Å². The monoisotopic (exact) mass is 297 g/mol. The van der Waals surface area contributed by atoms with E-state index in [4.69, 9.17) is 0 Å². The van der Waals surface area contributed by atoms with E-state index in [-0.39, 0.29) is 23.4 Å². The van der Waals surface area contributed by atoms with Crippen LogP contribution in [0.1, 0.15) is 30.7 Å². The standard InChI is InChI=1S/C15H20FNO2S/c16-13-3-1-11(2-4-13)15(9-17-14-5-6-14)12-7-8-20(18,19)10-12/h1-4,12,14-15,17H,5-10H2. The molecular formula is C15H20FNO2S. The molecule has 0 spiro atoms. The van der Waals surface area contributed by atoms with Gasteiger partial charge in [-0.25, -0.2) is 12.8 Å². The number of hydrogen-bond donors (Lipinski definition) is 1. The number of sulfone groups is 1. The summed E-state index contributed by atoms with van der Waals surface area (Å²) in [6, 6.07) is 7.10. The van der Waals surface area contributed by atoms with Crippen LogP contribution in [0.5, 0.6) is 0 Å². The van der Waals surface area contributed by atoms with Gasteiger partial charge in [-0.05, 0) is 42.9 Å². The highest BCUT2D eigenvalue weighted by Crippen LogP contribution is 2.34. The van der Waals surface area contributed by atoms with E-state index >= 15 is 0 Å². The summed E-state index contributed by atoms with van der Waals surface area (Å²) >= 11 is 0. The SMILES string of the molecule is O=S1(=O)CCC(C(CNC2CC2)c2ccc(F)cc2)C1. The molecule has 1 saturated heterocycles. The van der Waals surface area contributed by atoms with Crippen molar-refractivity contribution in [3.63, 3.8) is 0 Å². The van der Waals surface area contributed by atoms with Crippen LogP contribution in [0.2, 0.25) is 0 Å². The van der Waals surface area contributed by atoms with E-state index in [0.29, 0.717) is 11.8 Å². The normalized spacial score (nSPS) is 26.6. The Morgan fingerprint density at radius 2 is 1.90 bits per heavy atom. The molecule has 0 aromatic heterocycles. The molecule has 2 unspecified atom stereocenters. The Morgan fingerprint density at radius 1 is 1.20 bits per heavy atom. The molecule has 3 nitrogen and oxygen atoms in total. The lowest BCUT2D eigenvalue weighted by Crippen LogP contribution is -2.28. The molecule has 1 aliphatic carbocycles. The van der Waals surface area contributed by atoms with Gasteiger partial charge >= 0.3 is 0 Å². The molecule has 110 valence electrons. The lowest BCUT2D eigenvalue weighted by molar-refractivity contribution is 0.436. The maximum atomic E-state index is 13.1. The Balaban J connectivity index is 1.77. The second-order valence-electron chi connectivity index (χ2n) is 6.00. The third-order valence-electron chi connectivity index (χ3n) is 4.34. The first-order valence-electron chi connectivity index (χ1n) is 7.23. The molecule has 0 bridgehead atoms. The predicted molar refractivity (Wildman–Crippen MR) is 76.9 cm³/mol. The fourth-order valence-electron chi connectivity index (χ4n) is 2.99. The fourth-order valence-corrected chi connectivity index (χ4v) is 4.87. The van der Waals surface area contributed by atoms with Crippen LogP contribution in [-0.2, 0) is 9.84 Å². The summed E-state index contributed by atoms with van der Waals surface area (Å²) in [6.45, 7) is 0.788. The van der Waals surface area contributed by atoms with Gasteiger partial charge in [-0.3, -0.25) is 0 Å². The van der Waals surface area contributed by atoms with Gasteiger partial charge in [0.2, 0.25) is 0 Å². The van der Waals surface area contributed by atoms with Crippen molar-refractivity contribution in [2.24, 2.45) is 5.92 Å². The van der Waals surface area contributed by atoms with Crippen LogP contribution in [0.3, 0.4) is 0 Å². The number of benzene rings is 1. The number of hydrogen-bond acceptors (Lipinski definition) is 3. The van der Waals surface area contributed by atoms with Gasteiger partial charge in [0.25, 0.3) is 0 Å². The van der Waals surface area contributed by atoms with E-state index in [2.05, 4.69) is 5.32 Å². The minimum absolute atomic E-state index is 0.150. The molecule has 1 heterocycles. The maximum Gasteiger partial charge on any atom is 0.150 e. The third-order valence-corrected chi connectivity index (χ3v) is 6.13. The van der Waals surface area contributed by atoms with Crippen LogP contribution in [0, 0.1) is 11.7 Å². The maximum absolute atomic E-state index is 13.1. The summed E-state index contributed by atoms with van der Waals surface area (Å²) in [5, 5.41) is 3.49. The summed E-state index contributed by atoms with van der Waals surface area (Å²) in [4.78, 5) is 0. The van der Waals surface area contributed by atoms with E-state index in [9.17, 15) is 12.8 Å². The third kappa shape index (κ3) is 3.38. The van der Waals surface area contributed by atoms with E-state index in [1.807, 2.05) is 0 Å². The smallest absolute Gasteiger partial charge is 0.150 e. The molecular weight excluding hydrogens is 277 g/mol. The predicted octanol–water partition coefficient (Wildman–Crippen LogP) is 2.10. The molecule has 1 aliphatic heterocycles. The van der Waals surface area contributed by atoms with Crippen molar-refractivity contribution in [1.29, 1.82) is 0 Å². The molecule has 3 rings (SSSR count). The largest absolute Gasteiger partial charge is 0.313 e. The van der Waals surface area contributed by atoms with Gasteiger partial charge in [0.15, 0.2) is 9.84 Å². The Bertz CT molecular complexity index is 566. The molecule has 2 fully saturated rings. The van der Waals surface area contributed by atoms with E-state index in [1.165, 1.54) is 25.0 Å². The fraction of sp³-hybridized carbons (Fsp3) is 0.600. The molecule has 1 aromatic rings. The topological polar surface area (TPSA) is 46.2 Å². The average molecular weight is 297 g/mol. The van der Waals surface area contributed by atoms with Crippen LogP contribution in [0.25, 0.3) is 0 Å². The zero-order valence-electron chi connectivity index (χ0n) is 11.4. The quantitative estimate of drug-likeness (QED) is 0.905. The van der Waals surface area contributed by atoms with E-state index in [1.54, 1.807) is 12.1 Å². The summed E-state index contributed by atoms with van der Waals surface area (Å²) in [7, 11) is -2.88. The van der Waals surface area contributed by atoms with E-state index < -0.39 is 9.84 Å². The minimum Gasteiger partial charge on any atom is -0.313 e. The molecule has 1 saturated carbocycles. The molecule has 1 aromatic carbocycles. The minimum atomic E-state index is -2.88. The van der Waals surface area contributed by atoms with Crippen LogP contribution in [0.15, 0.2) is 24.3 Å².